The van der Waals surface area contributed by atoms with Crippen molar-refractivity contribution < 1.29 is 17.9 Å². The molecule has 2 rings (SSSR count). The summed E-state index contributed by atoms with van der Waals surface area (Å²) in [4.78, 5) is 6.05. The van der Waals surface area contributed by atoms with Crippen molar-refractivity contribution in [1.82, 2.24) is 4.98 Å². The van der Waals surface area contributed by atoms with E-state index in [1.807, 2.05) is 6.92 Å². The molecule has 0 aromatic carbocycles. The molecule has 1 aromatic rings. The summed E-state index contributed by atoms with van der Waals surface area (Å²) in [6, 6.07) is 2.22. The number of halogens is 3. The Hall–Kier alpha value is -1.50. The lowest BCUT2D eigenvalue weighted by atomic mass is 10.2. The maximum Gasteiger partial charge on any atom is 0.416 e. The molecule has 1 N–H and O–H groups in total. The van der Waals surface area contributed by atoms with Gasteiger partial charge in [0.2, 0.25) is 0 Å². The summed E-state index contributed by atoms with van der Waals surface area (Å²) < 4.78 is 44.3. The molecule has 0 saturated carbocycles. The summed E-state index contributed by atoms with van der Waals surface area (Å²) in [7, 11) is 1.76. The maximum atomic E-state index is 13.0. The van der Waals surface area contributed by atoms with Crippen LogP contribution < -0.4 is 10.2 Å². The zero-order valence-corrected chi connectivity index (χ0v) is 12.2. The van der Waals surface area contributed by atoms with Gasteiger partial charge in [-0.3, -0.25) is 0 Å². The van der Waals surface area contributed by atoms with E-state index in [4.69, 9.17) is 4.74 Å². The van der Waals surface area contributed by atoms with Crippen molar-refractivity contribution in [2.24, 2.45) is 0 Å². The minimum Gasteiger partial charge on any atom is -0.379 e. The fourth-order valence-electron chi connectivity index (χ4n) is 2.22. The van der Waals surface area contributed by atoms with Gasteiger partial charge in [0.05, 0.1) is 18.2 Å². The molecule has 1 aromatic heterocycles. The van der Waals surface area contributed by atoms with Gasteiger partial charge >= 0.3 is 6.18 Å². The molecule has 0 spiro atoms. The van der Waals surface area contributed by atoms with Crippen molar-refractivity contribution >= 4 is 11.6 Å². The van der Waals surface area contributed by atoms with Gasteiger partial charge in [-0.15, -0.1) is 0 Å². The minimum atomic E-state index is -4.38. The Balaban J connectivity index is 2.29. The Morgan fingerprint density at radius 3 is 2.76 bits per heavy atom. The van der Waals surface area contributed by atoms with E-state index in [9.17, 15) is 13.2 Å². The first-order chi connectivity index (χ1) is 9.91. The molecule has 0 amide bonds. The molecule has 4 nitrogen and oxygen atoms in total. The number of likely N-dealkylation sites (N-methyl/N-ethyl adjacent to an activating group) is 1. The van der Waals surface area contributed by atoms with Crippen LogP contribution in [-0.2, 0) is 10.9 Å². The van der Waals surface area contributed by atoms with Crippen LogP contribution in [0.2, 0.25) is 0 Å². The average Bonchev–Trinajstić information content (AvgIpc) is 2.97. The molecule has 118 valence electrons. The summed E-state index contributed by atoms with van der Waals surface area (Å²) >= 11 is 0. The van der Waals surface area contributed by atoms with Gasteiger partial charge in [0.15, 0.2) is 0 Å². The third-order valence-electron chi connectivity index (χ3n) is 3.51. The molecule has 1 aliphatic rings. The van der Waals surface area contributed by atoms with Crippen LogP contribution >= 0.6 is 0 Å². The SMILES string of the molecule is CCCNc1cc(C(F)(F)F)cc(N(C)C2CCOC2)n1. The van der Waals surface area contributed by atoms with Crippen LogP contribution in [0.25, 0.3) is 0 Å². The molecule has 1 fully saturated rings. The first-order valence-corrected chi connectivity index (χ1v) is 7.05. The summed E-state index contributed by atoms with van der Waals surface area (Å²) in [5.41, 5.74) is -0.683. The first kappa shape index (κ1) is 15.9. The van der Waals surface area contributed by atoms with Crippen molar-refractivity contribution in [3.63, 3.8) is 0 Å². The molecule has 2 heterocycles. The van der Waals surface area contributed by atoms with Gasteiger partial charge in [-0.05, 0) is 25.0 Å². The van der Waals surface area contributed by atoms with Crippen LogP contribution in [0.15, 0.2) is 12.1 Å². The number of rotatable bonds is 5. The van der Waals surface area contributed by atoms with Crippen molar-refractivity contribution in [3.8, 4) is 0 Å². The van der Waals surface area contributed by atoms with E-state index in [-0.39, 0.29) is 11.9 Å². The highest BCUT2D eigenvalue weighted by Crippen LogP contribution is 2.33. The standard InChI is InChI=1S/C14H20F3N3O/c1-3-5-18-12-7-10(14(15,16)17)8-13(19-12)20(2)11-4-6-21-9-11/h7-8,11H,3-6,9H2,1-2H3,(H,18,19). The second-order valence-electron chi connectivity index (χ2n) is 5.15. The number of nitrogens with one attached hydrogen (secondary N) is 1. The largest absolute Gasteiger partial charge is 0.416 e. The Morgan fingerprint density at radius 2 is 2.19 bits per heavy atom. The van der Waals surface area contributed by atoms with Gasteiger partial charge in [0, 0.05) is 20.2 Å². The zero-order valence-electron chi connectivity index (χ0n) is 12.2. The number of nitrogens with zero attached hydrogens (tertiary/aromatic N) is 2. The van der Waals surface area contributed by atoms with Crippen molar-refractivity contribution in [2.45, 2.75) is 32.0 Å². The number of aromatic nitrogens is 1. The Labute approximate surface area is 122 Å². The quantitative estimate of drug-likeness (QED) is 0.907. The average molecular weight is 303 g/mol. The van der Waals surface area contributed by atoms with Gasteiger partial charge in [-0.2, -0.15) is 13.2 Å². The minimum absolute atomic E-state index is 0.0695. The Morgan fingerprint density at radius 1 is 1.43 bits per heavy atom. The van der Waals surface area contributed by atoms with Gasteiger partial charge in [0.25, 0.3) is 0 Å². The van der Waals surface area contributed by atoms with Crippen LogP contribution in [0, 0.1) is 0 Å². The number of anilines is 2. The highest BCUT2D eigenvalue weighted by Gasteiger charge is 2.32. The summed E-state index contributed by atoms with van der Waals surface area (Å²) in [6.45, 7) is 3.69. The molecular formula is C14H20F3N3O. The Kier molecular flexibility index (Phi) is 4.92. The second kappa shape index (κ2) is 6.51. The van der Waals surface area contributed by atoms with Gasteiger partial charge in [0.1, 0.15) is 11.6 Å². The fraction of sp³-hybridized carbons (Fsp3) is 0.643. The van der Waals surface area contributed by atoms with E-state index in [0.29, 0.717) is 25.6 Å². The van der Waals surface area contributed by atoms with E-state index in [1.165, 1.54) is 0 Å². The molecule has 7 heteroatoms. The van der Waals surface area contributed by atoms with E-state index < -0.39 is 11.7 Å². The third-order valence-corrected chi connectivity index (χ3v) is 3.51. The Bertz CT molecular complexity index is 473. The second-order valence-corrected chi connectivity index (χ2v) is 5.15. The van der Waals surface area contributed by atoms with Crippen molar-refractivity contribution in [1.29, 1.82) is 0 Å². The molecule has 1 aliphatic heterocycles. The van der Waals surface area contributed by atoms with Gasteiger partial charge in [-0.25, -0.2) is 4.98 Å². The van der Waals surface area contributed by atoms with Crippen molar-refractivity contribution in [3.05, 3.63) is 17.7 Å². The maximum absolute atomic E-state index is 13.0. The molecule has 0 radical (unpaired) electrons. The molecular weight excluding hydrogens is 283 g/mol. The molecule has 0 aliphatic carbocycles. The lowest BCUT2D eigenvalue weighted by Crippen LogP contribution is -2.32. The van der Waals surface area contributed by atoms with Crippen LogP contribution in [-0.4, -0.2) is 37.8 Å². The molecule has 21 heavy (non-hydrogen) atoms. The van der Waals surface area contributed by atoms with Gasteiger partial charge in [-0.1, -0.05) is 6.92 Å². The van der Waals surface area contributed by atoms with Crippen LogP contribution in [0.1, 0.15) is 25.3 Å². The molecule has 1 atom stereocenters. The highest BCUT2D eigenvalue weighted by molar-refractivity contribution is 5.51. The van der Waals surface area contributed by atoms with E-state index in [2.05, 4.69) is 10.3 Å². The van der Waals surface area contributed by atoms with E-state index >= 15 is 0 Å². The van der Waals surface area contributed by atoms with Gasteiger partial charge < -0.3 is 15.0 Å². The van der Waals surface area contributed by atoms with E-state index in [0.717, 1.165) is 25.0 Å². The number of alkyl halides is 3. The molecule has 1 saturated heterocycles. The van der Waals surface area contributed by atoms with Crippen LogP contribution in [0.3, 0.4) is 0 Å². The number of hydrogen-bond acceptors (Lipinski definition) is 4. The van der Waals surface area contributed by atoms with Crippen LogP contribution in [0.4, 0.5) is 24.8 Å². The number of hydrogen-bond donors (Lipinski definition) is 1. The topological polar surface area (TPSA) is 37.4 Å². The first-order valence-electron chi connectivity index (χ1n) is 7.05. The smallest absolute Gasteiger partial charge is 0.379 e. The summed E-state index contributed by atoms with van der Waals surface area (Å²) in [6.07, 6.45) is -2.76. The predicted molar refractivity (Wildman–Crippen MR) is 75.6 cm³/mol. The highest BCUT2D eigenvalue weighted by atomic mass is 19.4. The fourth-order valence-corrected chi connectivity index (χ4v) is 2.22. The van der Waals surface area contributed by atoms with Crippen LogP contribution in [0.5, 0.6) is 0 Å². The lowest BCUT2D eigenvalue weighted by Gasteiger charge is -2.25. The number of ether oxygens (including phenoxy) is 1. The summed E-state index contributed by atoms with van der Waals surface area (Å²) in [5, 5.41) is 2.92. The van der Waals surface area contributed by atoms with E-state index in [1.54, 1.807) is 11.9 Å². The monoisotopic (exact) mass is 303 g/mol. The third kappa shape index (κ3) is 4.00. The normalized spacial score (nSPS) is 18.8. The molecule has 0 bridgehead atoms. The number of pyridine rings is 1. The lowest BCUT2D eigenvalue weighted by molar-refractivity contribution is -0.137. The summed E-state index contributed by atoms with van der Waals surface area (Å²) in [5.74, 6) is 0.575. The zero-order chi connectivity index (χ0) is 15.5. The molecule has 1 unspecified atom stereocenters. The predicted octanol–water partition coefficient (Wildman–Crippen LogP) is 3.15. The van der Waals surface area contributed by atoms with Crippen molar-refractivity contribution in [2.75, 3.05) is 37.0 Å².